The van der Waals surface area contributed by atoms with Crippen LogP contribution in [0, 0.1) is 6.92 Å². The fraction of sp³-hybridized carbons (Fsp3) is 0.192. The minimum Gasteiger partial charge on any atom is -0.268 e. The van der Waals surface area contributed by atoms with Gasteiger partial charge in [0.2, 0.25) is 0 Å². The number of sulfonamides is 1. The van der Waals surface area contributed by atoms with Gasteiger partial charge in [-0.1, -0.05) is 78.4 Å². The first-order valence-electron chi connectivity index (χ1n) is 10.4. The molecule has 1 unspecified atom stereocenters. The zero-order valence-corrected chi connectivity index (χ0v) is 18.3. The number of hydrogen-bond acceptors (Lipinski definition) is 3. The maximum absolute atomic E-state index is 13.5. The van der Waals surface area contributed by atoms with Crippen molar-refractivity contribution in [2.45, 2.75) is 37.1 Å². The standard InChI is InChI=1S/C26H25NO3S/c1-20-15-17-24(18-16-20)31(29,30)27-23(13-7-5-11-21-9-3-2-4-10-21)19-22-12-6-8-14-25(22)26(27)28/h2-4,6-10,12-18,23H,5,11,19H2,1H3/b13-7+. The number of fused-ring (bicyclic) bond motifs is 1. The number of hydrogen-bond donors (Lipinski definition) is 0. The summed E-state index contributed by atoms with van der Waals surface area (Å²) >= 11 is 0. The maximum Gasteiger partial charge on any atom is 0.268 e. The summed E-state index contributed by atoms with van der Waals surface area (Å²) in [4.78, 5) is 13.4. The van der Waals surface area contributed by atoms with Crippen LogP contribution < -0.4 is 0 Å². The number of carbonyl (C=O) groups excluding carboxylic acids is 1. The molecule has 0 saturated heterocycles. The van der Waals surface area contributed by atoms with Gasteiger partial charge in [0, 0.05) is 5.56 Å². The fourth-order valence-corrected chi connectivity index (χ4v) is 5.41. The lowest BCUT2D eigenvalue weighted by Crippen LogP contribution is -2.48. The van der Waals surface area contributed by atoms with Gasteiger partial charge in [0.05, 0.1) is 10.9 Å². The van der Waals surface area contributed by atoms with Crippen molar-refractivity contribution in [3.8, 4) is 0 Å². The van der Waals surface area contributed by atoms with Crippen LogP contribution in [0.25, 0.3) is 0 Å². The molecule has 0 aliphatic carbocycles. The Morgan fingerprint density at radius 3 is 2.35 bits per heavy atom. The second-order valence-corrected chi connectivity index (χ2v) is 9.62. The Kier molecular flexibility index (Phi) is 6.05. The Hall–Kier alpha value is -3.18. The third-order valence-corrected chi connectivity index (χ3v) is 7.38. The first-order chi connectivity index (χ1) is 15.0. The van der Waals surface area contributed by atoms with E-state index in [4.69, 9.17) is 0 Å². The number of benzene rings is 3. The first kappa shape index (κ1) is 21.1. The van der Waals surface area contributed by atoms with Crippen LogP contribution in [0.1, 0.15) is 33.5 Å². The number of allylic oxidation sites excluding steroid dienone is 1. The number of carbonyl (C=O) groups is 1. The second-order valence-electron chi connectivity index (χ2n) is 7.80. The molecule has 0 saturated carbocycles. The van der Waals surface area contributed by atoms with Crippen molar-refractivity contribution in [3.63, 3.8) is 0 Å². The van der Waals surface area contributed by atoms with Gasteiger partial charge < -0.3 is 0 Å². The SMILES string of the molecule is Cc1ccc(S(=O)(=O)N2C(=O)c3ccccc3CC2/C=C/CCc2ccccc2)cc1. The predicted molar refractivity (Wildman–Crippen MR) is 122 cm³/mol. The van der Waals surface area contributed by atoms with Gasteiger partial charge in [0.25, 0.3) is 15.9 Å². The van der Waals surface area contributed by atoms with Crippen molar-refractivity contribution < 1.29 is 13.2 Å². The lowest BCUT2D eigenvalue weighted by molar-refractivity contribution is 0.0822. The molecule has 1 amide bonds. The number of rotatable bonds is 6. The van der Waals surface area contributed by atoms with Crippen LogP contribution in [-0.4, -0.2) is 24.7 Å². The van der Waals surface area contributed by atoms with E-state index in [1.54, 1.807) is 36.4 Å². The highest BCUT2D eigenvalue weighted by Crippen LogP contribution is 2.30. The number of aryl methyl sites for hydroxylation is 2. The summed E-state index contributed by atoms with van der Waals surface area (Å²) in [5.41, 5.74) is 3.51. The Balaban J connectivity index is 1.64. The average molecular weight is 432 g/mol. The summed E-state index contributed by atoms with van der Waals surface area (Å²) in [5.74, 6) is -0.472. The molecule has 0 radical (unpaired) electrons. The molecule has 3 aromatic rings. The van der Waals surface area contributed by atoms with Gasteiger partial charge in [0.15, 0.2) is 0 Å². The number of nitrogens with zero attached hydrogens (tertiary/aromatic N) is 1. The van der Waals surface area contributed by atoms with Crippen LogP contribution >= 0.6 is 0 Å². The Morgan fingerprint density at radius 1 is 0.935 bits per heavy atom. The lowest BCUT2D eigenvalue weighted by Gasteiger charge is -2.34. The van der Waals surface area contributed by atoms with Gasteiger partial charge >= 0.3 is 0 Å². The summed E-state index contributed by atoms with van der Waals surface area (Å²) in [5, 5.41) is 0. The molecule has 0 fully saturated rings. The van der Waals surface area contributed by atoms with E-state index < -0.39 is 22.0 Å². The van der Waals surface area contributed by atoms with E-state index >= 15 is 0 Å². The molecular weight excluding hydrogens is 406 g/mol. The third kappa shape index (κ3) is 4.47. The molecule has 5 heteroatoms. The summed E-state index contributed by atoms with van der Waals surface area (Å²) in [6.07, 6.45) is 5.95. The van der Waals surface area contributed by atoms with Crippen LogP contribution in [0.4, 0.5) is 0 Å². The van der Waals surface area contributed by atoms with E-state index in [1.807, 2.05) is 49.4 Å². The molecule has 158 valence electrons. The van der Waals surface area contributed by atoms with Gasteiger partial charge in [-0.05, 0) is 55.5 Å². The minimum absolute atomic E-state index is 0.133. The lowest BCUT2D eigenvalue weighted by atomic mass is 9.95. The second kappa shape index (κ2) is 8.90. The number of amides is 1. The molecule has 1 atom stereocenters. The molecule has 0 N–H and O–H groups in total. The Labute approximate surface area is 183 Å². The van der Waals surface area contributed by atoms with Crippen LogP contribution in [-0.2, 0) is 22.9 Å². The van der Waals surface area contributed by atoms with Gasteiger partial charge in [-0.25, -0.2) is 12.7 Å². The van der Waals surface area contributed by atoms with E-state index in [1.165, 1.54) is 5.56 Å². The molecule has 3 aromatic carbocycles. The van der Waals surface area contributed by atoms with Crippen LogP contribution in [0.2, 0.25) is 0 Å². The van der Waals surface area contributed by atoms with E-state index in [0.717, 1.165) is 28.3 Å². The van der Waals surface area contributed by atoms with E-state index in [9.17, 15) is 13.2 Å². The maximum atomic E-state index is 13.5. The average Bonchev–Trinajstić information content (AvgIpc) is 2.78. The highest BCUT2D eigenvalue weighted by atomic mass is 32.2. The summed E-state index contributed by atoms with van der Waals surface area (Å²) < 4.78 is 28.0. The molecule has 0 aromatic heterocycles. The Bertz CT molecular complexity index is 1200. The zero-order valence-electron chi connectivity index (χ0n) is 17.4. The largest absolute Gasteiger partial charge is 0.268 e. The quantitative estimate of drug-likeness (QED) is 0.520. The monoisotopic (exact) mass is 431 g/mol. The van der Waals surface area contributed by atoms with Gasteiger partial charge in [-0.15, -0.1) is 0 Å². The van der Waals surface area contributed by atoms with Gasteiger partial charge in [-0.2, -0.15) is 0 Å². The highest BCUT2D eigenvalue weighted by molar-refractivity contribution is 7.89. The van der Waals surface area contributed by atoms with E-state index in [2.05, 4.69) is 12.1 Å². The first-order valence-corrected chi connectivity index (χ1v) is 11.8. The molecule has 0 bridgehead atoms. The summed E-state index contributed by atoms with van der Waals surface area (Å²) in [6, 6.07) is 23.5. The van der Waals surface area contributed by atoms with Crippen molar-refractivity contribution in [1.82, 2.24) is 4.31 Å². The fourth-order valence-electron chi connectivity index (χ4n) is 3.89. The van der Waals surface area contributed by atoms with Gasteiger partial charge in [-0.3, -0.25) is 4.79 Å². The highest BCUT2D eigenvalue weighted by Gasteiger charge is 2.39. The van der Waals surface area contributed by atoms with Crippen molar-refractivity contribution in [3.05, 3.63) is 113 Å². The smallest absolute Gasteiger partial charge is 0.268 e. The van der Waals surface area contributed by atoms with Gasteiger partial charge in [0.1, 0.15) is 0 Å². The molecule has 0 spiro atoms. The van der Waals surface area contributed by atoms with E-state index in [-0.39, 0.29) is 4.90 Å². The van der Waals surface area contributed by atoms with Crippen molar-refractivity contribution >= 4 is 15.9 Å². The van der Waals surface area contributed by atoms with Crippen LogP contribution in [0.5, 0.6) is 0 Å². The van der Waals surface area contributed by atoms with Crippen LogP contribution in [0.3, 0.4) is 0 Å². The Morgan fingerprint density at radius 2 is 1.61 bits per heavy atom. The molecule has 1 aliphatic rings. The van der Waals surface area contributed by atoms with Crippen molar-refractivity contribution in [2.24, 2.45) is 0 Å². The zero-order chi connectivity index (χ0) is 21.8. The normalized spacial score (nSPS) is 16.5. The predicted octanol–water partition coefficient (Wildman–Crippen LogP) is 4.94. The molecule has 4 rings (SSSR count). The molecular formula is C26H25NO3S. The molecule has 1 heterocycles. The minimum atomic E-state index is -3.98. The van der Waals surface area contributed by atoms with E-state index in [0.29, 0.717) is 12.0 Å². The summed E-state index contributed by atoms with van der Waals surface area (Å²) in [6.45, 7) is 1.90. The molecule has 4 nitrogen and oxygen atoms in total. The van der Waals surface area contributed by atoms with Crippen LogP contribution in [0.15, 0.2) is 95.9 Å². The topological polar surface area (TPSA) is 54.5 Å². The van der Waals surface area contributed by atoms with Crippen molar-refractivity contribution in [2.75, 3.05) is 0 Å². The van der Waals surface area contributed by atoms with Crippen molar-refractivity contribution in [1.29, 1.82) is 0 Å². The molecule has 31 heavy (non-hydrogen) atoms. The third-order valence-electron chi connectivity index (χ3n) is 5.56. The molecule has 1 aliphatic heterocycles. The summed E-state index contributed by atoms with van der Waals surface area (Å²) in [7, 11) is -3.98.